The maximum absolute atomic E-state index is 11.1. The summed E-state index contributed by atoms with van der Waals surface area (Å²) in [4.78, 5) is 23.5. The van der Waals surface area contributed by atoms with E-state index in [2.05, 4.69) is 10.2 Å². The Morgan fingerprint density at radius 2 is 1.67 bits per heavy atom. The minimum absolute atomic E-state index is 0.0557. The maximum Gasteiger partial charge on any atom is 0.317 e. The molecule has 0 aliphatic carbocycles. The predicted octanol–water partition coefficient (Wildman–Crippen LogP) is 2.18. The molecule has 0 aliphatic rings. The average molecular weight is 458 g/mol. The number of ether oxygens (including phenoxy) is 1. The van der Waals surface area contributed by atoms with Crippen molar-refractivity contribution in [1.29, 1.82) is 0 Å². The minimum atomic E-state index is -1.13. The molecule has 0 saturated carbocycles. The van der Waals surface area contributed by atoms with Gasteiger partial charge in [-0.25, -0.2) is 0 Å². The third-order valence-corrected chi connectivity index (χ3v) is 4.22. The minimum Gasteiger partial charge on any atom is -0.489 e. The van der Waals surface area contributed by atoms with Gasteiger partial charge in [-0.1, -0.05) is 55.8 Å². The molecular weight excluding hydrogens is 426 g/mol. The number of rotatable bonds is 11. The van der Waals surface area contributed by atoms with Crippen molar-refractivity contribution in [2.24, 2.45) is 21.7 Å². The summed E-state index contributed by atoms with van der Waals surface area (Å²) in [6, 6.07) is 12.8. The smallest absolute Gasteiger partial charge is 0.317 e. The topological polar surface area (TPSA) is 164 Å². The van der Waals surface area contributed by atoms with Crippen LogP contribution in [-0.4, -0.2) is 52.3 Å². The molecule has 33 heavy (non-hydrogen) atoms. The van der Waals surface area contributed by atoms with Crippen LogP contribution in [0.25, 0.3) is 0 Å². The molecule has 0 heterocycles. The maximum atomic E-state index is 11.1. The van der Waals surface area contributed by atoms with Crippen molar-refractivity contribution < 1.29 is 24.5 Å². The van der Waals surface area contributed by atoms with Crippen molar-refractivity contribution in [2.75, 3.05) is 13.1 Å². The largest absolute Gasteiger partial charge is 0.489 e. The van der Waals surface area contributed by atoms with Gasteiger partial charge in [-0.2, -0.15) is 0 Å². The molecule has 2 aromatic carbocycles. The van der Waals surface area contributed by atoms with E-state index in [1.807, 2.05) is 45.0 Å². The van der Waals surface area contributed by atoms with E-state index in [4.69, 9.17) is 26.4 Å². The normalized spacial score (nSPS) is 11.2. The van der Waals surface area contributed by atoms with Crippen molar-refractivity contribution in [3.8, 4) is 5.75 Å². The molecule has 10 heteroatoms. The van der Waals surface area contributed by atoms with Gasteiger partial charge in [-0.15, -0.1) is 10.2 Å². The Kier molecular flexibility index (Phi) is 11.7. The number of carboxylic acids is 2. The fraction of sp³-hybridized carbons (Fsp3) is 0.304. The Balaban J connectivity index is 0.00000265. The summed E-state index contributed by atoms with van der Waals surface area (Å²) in [6.45, 7) is 5.44. The van der Waals surface area contributed by atoms with Crippen LogP contribution in [0, 0.1) is 6.92 Å². The van der Waals surface area contributed by atoms with E-state index in [-0.39, 0.29) is 19.0 Å². The average Bonchev–Trinajstić information content (AvgIpc) is 2.78. The first-order chi connectivity index (χ1) is 15.8. The van der Waals surface area contributed by atoms with Gasteiger partial charge < -0.3 is 26.4 Å². The highest BCUT2D eigenvalue weighted by Gasteiger charge is 2.17. The van der Waals surface area contributed by atoms with Gasteiger partial charge in [0.25, 0.3) is 0 Å². The van der Waals surface area contributed by atoms with Crippen molar-refractivity contribution in [2.45, 2.75) is 33.9 Å². The summed E-state index contributed by atoms with van der Waals surface area (Å²) in [5.41, 5.74) is 14.3. The first-order valence-electron chi connectivity index (χ1n) is 10.3. The molecule has 0 aliphatic heterocycles. The number of benzene rings is 2. The monoisotopic (exact) mass is 457 g/mol. The second-order valence-corrected chi connectivity index (χ2v) is 6.78. The second-order valence-electron chi connectivity index (χ2n) is 6.78. The van der Waals surface area contributed by atoms with E-state index in [1.165, 1.54) is 4.90 Å². The molecule has 0 atom stereocenters. The van der Waals surface area contributed by atoms with Crippen LogP contribution in [-0.2, 0) is 22.7 Å². The quantitative estimate of drug-likeness (QED) is 0.226. The Bertz CT molecular complexity index is 958. The molecule has 0 spiro atoms. The molecule has 178 valence electrons. The number of carbonyl (C=O) groups is 2. The third-order valence-electron chi connectivity index (χ3n) is 4.22. The second kappa shape index (κ2) is 14.2. The fourth-order valence-electron chi connectivity index (χ4n) is 2.77. The van der Waals surface area contributed by atoms with Gasteiger partial charge in [0.1, 0.15) is 18.7 Å². The lowest BCUT2D eigenvalue weighted by molar-refractivity contribution is -0.142. The molecule has 0 radical (unpaired) electrons. The van der Waals surface area contributed by atoms with Crippen molar-refractivity contribution >= 4 is 24.1 Å². The third kappa shape index (κ3) is 9.83. The van der Waals surface area contributed by atoms with Gasteiger partial charge in [0.05, 0.1) is 13.1 Å². The molecular formula is C23H31N5O5. The highest BCUT2D eigenvalue weighted by Crippen LogP contribution is 2.24. The van der Waals surface area contributed by atoms with Gasteiger partial charge in [-0.05, 0) is 18.6 Å². The van der Waals surface area contributed by atoms with Crippen LogP contribution in [0.15, 0.2) is 52.7 Å². The lowest BCUT2D eigenvalue weighted by Crippen LogP contribution is -2.34. The number of aliphatic carboxylic acids is 2. The Hall–Kier alpha value is -3.92. The molecule has 2 rings (SSSR count). The zero-order valence-electron chi connectivity index (χ0n) is 19.1. The van der Waals surface area contributed by atoms with E-state index in [0.29, 0.717) is 16.9 Å². The number of hydrogen-bond acceptors (Lipinski definition) is 6. The lowest BCUT2D eigenvalue weighted by Gasteiger charge is -2.20. The van der Waals surface area contributed by atoms with Gasteiger partial charge in [0.15, 0.2) is 5.84 Å². The van der Waals surface area contributed by atoms with Gasteiger partial charge in [-0.3, -0.25) is 14.5 Å². The summed E-state index contributed by atoms with van der Waals surface area (Å²) < 4.78 is 5.97. The molecule has 2 aromatic rings. The van der Waals surface area contributed by atoms with Crippen LogP contribution in [0.1, 0.15) is 36.1 Å². The molecule has 0 amide bonds. The zero-order valence-corrected chi connectivity index (χ0v) is 19.1. The lowest BCUT2D eigenvalue weighted by atomic mass is 10.1. The Labute approximate surface area is 193 Å². The van der Waals surface area contributed by atoms with Crippen LogP contribution in [0.5, 0.6) is 5.75 Å². The Morgan fingerprint density at radius 1 is 1.06 bits per heavy atom. The first-order valence-corrected chi connectivity index (χ1v) is 10.3. The molecule has 0 saturated heterocycles. The summed E-state index contributed by atoms with van der Waals surface area (Å²) in [7, 11) is 0. The molecule has 0 fully saturated rings. The van der Waals surface area contributed by atoms with E-state index in [1.54, 1.807) is 18.2 Å². The van der Waals surface area contributed by atoms with Crippen molar-refractivity contribution in [3.05, 3.63) is 64.7 Å². The van der Waals surface area contributed by atoms with Crippen LogP contribution >= 0.6 is 0 Å². The predicted molar refractivity (Wildman–Crippen MR) is 127 cm³/mol. The summed E-state index contributed by atoms with van der Waals surface area (Å²) in [5, 5.41) is 25.5. The standard InChI is InChI=1S/C21H25N5O5.C2H6/c1-14-2-4-15(5-3-14)12-31-18-8-16(21(23)25-24-13-22)6-7-17(18)9-26(10-19(27)28)11-20(29)30;1-2/h2-8,13H,9-12H2,1H3,(H2,22,24)(H2,23,25)(H,27,28)(H,29,30);1-2H3. The highest BCUT2D eigenvalue weighted by molar-refractivity contribution is 5.98. The van der Waals surface area contributed by atoms with Crippen LogP contribution in [0.2, 0.25) is 0 Å². The van der Waals surface area contributed by atoms with Crippen molar-refractivity contribution in [1.82, 2.24) is 4.90 Å². The van der Waals surface area contributed by atoms with Crippen molar-refractivity contribution in [3.63, 3.8) is 0 Å². The number of hydrogen-bond donors (Lipinski definition) is 4. The van der Waals surface area contributed by atoms with E-state index >= 15 is 0 Å². The Morgan fingerprint density at radius 3 is 2.21 bits per heavy atom. The van der Waals surface area contributed by atoms with Gasteiger partial charge >= 0.3 is 11.9 Å². The molecule has 0 unspecified atom stereocenters. The van der Waals surface area contributed by atoms with Gasteiger partial charge in [0, 0.05) is 17.7 Å². The number of carboxylic acid groups (broad SMARTS) is 2. The fourth-order valence-corrected chi connectivity index (χ4v) is 2.77. The molecule has 0 aromatic heterocycles. The number of aryl methyl sites for hydroxylation is 1. The summed E-state index contributed by atoms with van der Waals surface area (Å²) in [6.07, 6.45) is 1.01. The van der Waals surface area contributed by atoms with Crippen LogP contribution in [0.3, 0.4) is 0 Å². The van der Waals surface area contributed by atoms with E-state index < -0.39 is 25.0 Å². The summed E-state index contributed by atoms with van der Waals surface area (Å²) in [5.74, 6) is -1.72. The van der Waals surface area contributed by atoms with Crippen LogP contribution < -0.4 is 16.2 Å². The number of nitrogens with zero attached hydrogens (tertiary/aromatic N) is 3. The van der Waals surface area contributed by atoms with E-state index in [0.717, 1.165) is 17.5 Å². The van der Waals surface area contributed by atoms with Crippen LogP contribution in [0.4, 0.5) is 0 Å². The highest BCUT2D eigenvalue weighted by atomic mass is 16.5. The van der Waals surface area contributed by atoms with Gasteiger partial charge in [0.2, 0.25) is 0 Å². The molecule has 10 nitrogen and oxygen atoms in total. The first kappa shape index (κ1) is 27.1. The SMILES string of the molecule is CC.Cc1ccc(COc2cc(/C(N)=N/N=C\N)ccc2CN(CC(=O)O)CC(=O)O)cc1. The summed E-state index contributed by atoms with van der Waals surface area (Å²) >= 11 is 0. The molecule has 0 bridgehead atoms. The zero-order chi connectivity index (χ0) is 24.8. The molecule has 6 N–H and O–H groups in total. The number of nitrogens with two attached hydrogens (primary N) is 2. The number of amidine groups is 1. The van der Waals surface area contributed by atoms with E-state index in [9.17, 15) is 9.59 Å².